The number of nitrogens with zero attached hydrogens (tertiary/aromatic N) is 1. The minimum atomic E-state index is -0.492. The van der Waals surface area contributed by atoms with E-state index in [1.807, 2.05) is 20.8 Å². The number of hydrogen-bond donors (Lipinski definition) is 2. The highest BCUT2D eigenvalue weighted by atomic mass is 16.6. The maximum absolute atomic E-state index is 12.0. The summed E-state index contributed by atoms with van der Waals surface area (Å²) in [5, 5.41) is 2.94. The fourth-order valence-corrected chi connectivity index (χ4v) is 2.61. The average molecular weight is 293 g/mol. The number of aromatic nitrogens is 2. The highest BCUT2D eigenvalue weighted by Crippen LogP contribution is 2.25. The first kappa shape index (κ1) is 15.9. The molecule has 0 bridgehead atoms. The van der Waals surface area contributed by atoms with Gasteiger partial charge in [-0.2, -0.15) is 0 Å². The summed E-state index contributed by atoms with van der Waals surface area (Å²) in [7, 11) is 0. The van der Waals surface area contributed by atoms with Crippen molar-refractivity contribution in [2.75, 3.05) is 0 Å². The number of imidazole rings is 1. The van der Waals surface area contributed by atoms with Gasteiger partial charge in [0.1, 0.15) is 11.4 Å². The first-order valence-corrected chi connectivity index (χ1v) is 7.83. The van der Waals surface area contributed by atoms with E-state index < -0.39 is 11.7 Å². The van der Waals surface area contributed by atoms with Gasteiger partial charge in [-0.15, -0.1) is 0 Å². The van der Waals surface area contributed by atoms with Gasteiger partial charge in [-0.3, -0.25) is 0 Å². The van der Waals surface area contributed by atoms with Gasteiger partial charge in [0.05, 0.1) is 11.7 Å². The number of carbonyl (C=O) groups excluding carboxylic acids is 1. The summed E-state index contributed by atoms with van der Waals surface area (Å²) < 4.78 is 5.35. The van der Waals surface area contributed by atoms with Crippen LogP contribution in [0.25, 0.3) is 0 Å². The van der Waals surface area contributed by atoms with Gasteiger partial charge in [0.25, 0.3) is 0 Å². The third kappa shape index (κ3) is 4.22. The van der Waals surface area contributed by atoms with E-state index in [0.29, 0.717) is 0 Å². The first-order chi connectivity index (χ1) is 9.76. The normalized spacial score (nSPS) is 16.5. The van der Waals surface area contributed by atoms with E-state index in [4.69, 9.17) is 9.72 Å². The number of ether oxygens (including phenoxy) is 1. The number of alkyl carbamates (subject to hydrolysis) is 1. The Morgan fingerprint density at radius 1 is 1.29 bits per heavy atom. The Balaban J connectivity index is 2.12. The van der Waals surface area contributed by atoms with Crippen LogP contribution in [0.3, 0.4) is 0 Å². The lowest BCUT2D eigenvalue weighted by atomic mass is 10.0. The SMILES string of the molecule is CC(C)C(NC(=O)OC(C)(C)C)c1nc2c([nH]1)CCCC2. The molecule has 1 atom stereocenters. The predicted molar refractivity (Wildman–Crippen MR) is 82.2 cm³/mol. The second-order valence-electron chi connectivity index (χ2n) is 7.12. The molecule has 1 aliphatic rings. The van der Waals surface area contributed by atoms with Crippen LogP contribution in [0.15, 0.2) is 0 Å². The van der Waals surface area contributed by atoms with Crippen LogP contribution in [-0.2, 0) is 17.6 Å². The molecule has 2 rings (SSSR count). The lowest BCUT2D eigenvalue weighted by molar-refractivity contribution is 0.0486. The summed E-state index contributed by atoms with van der Waals surface area (Å²) in [4.78, 5) is 20.1. The summed E-state index contributed by atoms with van der Waals surface area (Å²) in [6.45, 7) is 9.74. The molecule has 0 fully saturated rings. The van der Waals surface area contributed by atoms with Crippen molar-refractivity contribution in [1.29, 1.82) is 0 Å². The zero-order valence-electron chi connectivity index (χ0n) is 13.7. The molecule has 0 aromatic carbocycles. The Bertz CT molecular complexity index is 477. The minimum absolute atomic E-state index is 0.148. The lowest BCUT2D eigenvalue weighted by Gasteiger charge is -2.24. The Morgan fingerprint density at radius 3 is 2.52 bits per heavy atom. The minimum Gasteiger partial charge on any atom is -0.444 e. The second kappa shape index (κ2) is 6.08. The number of rotatable bonds is 3. The first-order valence-electron chi connectivity index (χ1n) is 7.83. The van der Waals surface area contributed by atoms with Crippen molar-refractivity contribution >= 4 is 6.09 Å². The van der Waals surface area contributed by atoms with Crippen LogP contribution in [0.5, 0.6) is 0 Å². The Morgan fingerprint density at radius 2 is 1.95 bits per heavy atom. The van der Waals surface area contributed by atoms with E-state index in [1.165, 1.54) is 18.5 Å². The Labute approximate surface area is 126 Å². The number of hydrogen-bond acceptors (Lipinski definition) is 3. The second-order valence-corrected chi connectivity index (χ2v) is 7.12. The van der Waals surface area contributed by atoms with Gasteiger partial charge in [0, 0.05) is 5.69 Å². The molecule has 0 aliphatic heterocycles. The van der Waals surface area contributed by atoms with Crippen molar-refractivity contribution in [1.82, 2.24) is 15.3 Å². The molecule has 1 heterocycles. The van der Waals surface area contributed by atoms with E-state index in [9.17, 15) is 4.79 Å². The fourth-order valence-electron chi connectivity index (χ4n) is 2.61. The summed E-state index contributed by atoms with van der Waals surface area (Å²) in [5.41, 5.74) is 1.90. The number of aryl methyl sites for hydroxylation is 2. The number of H-pyrrole nitrogens is 1. The van der Waals surface area contributed by atoms with E-state index in [0.717, 1.165) is 24.4 Å². The van der Waals surface area contributed by atoms with Crippen molar-refractivity contribution in [3.63, 3.8) is 0 Å². The fraction of sp³-hybridized carbons (Fsp3) is 0.750. The molecule has 5 heteroatoms. The molecule has 0 spiro atoms. The topological polar surface area (TPSA) is 67.0 Å². The lowest BCUT2D eigenvalue weighted by Crippen LogP contribution is -2.37. The van der Waals surface area contributed by atoms with Crippen molar-refractivity contribution in [2.24, 2.45) is 5.92 Å². The molecular formula is C16H27N3O2. The van der Waals surface area contributed by atoms with Crippen molar-refractivity contribution in [3.05, 3.63) is 17.2 Å². The van der Waals surface area contributed by atoms with Crippen LogP contribution in [0.4, 0.5) is 4.79 Å². The molecule has 1 aromatic rings. The molecule has 5 nitrogen and oxygen atoms in total. The monoisotopic (exact) mass is 293 g/mol. The number of carbonyl (C=O) groups is 1. The molecule has 2 N–H and O–H groups in total. The van der Waals surface area contributed by atoms with Crippen molar-refractivity contribution < 1.29 is 9.53 Å². The average Bonchev–Trinajstić information content (AvgIpc) is 2.76. The van der Waals surface area contributed by atoms with Crippen LogP contribution in [-0.4, -0.2) is 21.7 Å². The van der Waals surface area contributed by atoms with Crippen molar-refractivity contribution in [3.8, 4) is 0 Å². The smallest absolute Gasteiger partial charge is 0.408 e. The molecular weight excluding hydrogens is 266 g/mol. The van der Waals surface area contributed by atoms with Gasteiger partial charge in [-0.1, -0.05) is 13.8 Å². The third-order valence-electron chi connectivity index (χ3n) is 3.61. The molecule has 21 heavy (non-hydrogen) atoms. The predicted octanol–water partition coefficient (Wildman–Crippen LogP) is 3.51. The molecule has 0 radical (unpaired) electrons. The van der Waals surface area contributed by atoms with Gasteiger partial charge < -0.3 is 15.0 Å². The maximum atomic E-state index is 12.0. The zero-order chi connectivity index (χ0) is 15.6. The highest BCUT2D eigenvalue weighted by molar-refractivity contribution is 5.68. The van der Waals surface area contributed by atoms with E-state index in [2.05, 4.69) is 24.1 Å². The zero-order valence-corrected chi connectivity index (χ0v) is 13.7. The number of aromatic amines is 1. The van der Waals surface area contributed by atoms with E-state index >= 15 is 0 Å². The third-order valence-corrected chi connectivity index (χ3v) is 3.61. The molecule has 1 unspecified atom stereocenters. The summed E-state index contributed by atoms with van der Waals surface area (Å²) in [5.74, 6) is 1.09. The molecule has 1 aromatic heterocycles. The highest BCUT2D eigenvalue weighted by Gasteiger charge is 2.26. The molecule has 0 saturated carbocycles. The van der Waals surface area contributed by atoms with Crippen LogP contribution in [0, 0.1) is 5.92 Å². The molecule has 1 amide bonds. The van der Waals surface area contributed by atoms with Crippen LogP contribution >= 0.6 is 0 Å². The summed E-state index contributed by atoms with van der Waals surface area (Å²) >= 11 is 0. The maximum Gasteiger partial charge on any atom is 0.408 e. The van der Waals surface area contributed by atoms with Gasteiger partial charge in [0.15, 0.2) is 0 Å². The van der Waals surface area contributed by atoms with Crippen molar-refractivity contribution in [2.45, 2.75) is 71.9 Å². The summed E-state index contributed by atoms with van der Waals surface area (Å²) in [6.07, 6.45) is 4.10. The van der Waals surface area contributed by atoms with Gasteiger partial charge in [0.2, 0.25) is 0 Å². The Hall–Kier alpha value is -1.52. The van der Waals surface area contributed by atoms with Gasteiger partial charge in [-0.05, 0) is 52.4 Å². The number of nitrogens with one attached hydrogen (secondary N) is 2. The number of fused-ring (bicyclic) bond motifs is 1. The quantitative estimate of drug-likeness (QED) is 0.896. The molecule has 0 saturated heterocycles. The molecule has 1 aliphatic carbocycles. The Kier molecular flexibility index (Phi) is 4.59. The molecule has 118 valence electrons. The van der Waals surface area contributed by atoms with Gasteiger partial charge in [-0.25, -0.2) is 9.78 Å². The largest absolute Gasteiger partial charge is 0.444 e. The van der Waals surface area contributed by atoms with Crippen LogP contribution in [0.2, 0.25) is 0 Å². The van der Waals surface area contributed by atoms with Gasteiger partial charge >= 0.3 is 6.09 Å². The van der Waals surface area contributed by atoms with E-state index in [1.54, 1.807) is 0 Å². The van der Waals surface area contributed by atoms with Crippen LogP contribution < -0.4 is 5.32 Å². The van der Waals surface area contributed by atoms with E-state index in [-0.39, 0.29) is 12.0 Å². The summed E-state index contributed by atoms with van der Waals surface area (Å²) in [6, 6.07) is -0.148. The standard InChI is InChI=1S/C16H27N3O2/c1-10(2)13(19-15(20)21-16(3,4)5)14-17-11-8-6-7-9-12(11)18-14/h10,13H,6-9H2,1-5H3,(H,17,18)(H,19,20). The number of amides is 1. The van der Waals surface area contributed by atoms with Crippen LogP contribution in [0.1, 0.15) is 70.7 Å².